The van der Waals surface area contributed by atoms with Gasteiger partial charge in [-0.3, -0.25) is 4.79 Å². The Morgan fingerprint density at radius 2 is 1.05 bits per heavy atom. The highest BCUT2D eigenvalue weighted by atomic mass is 16.5. The molecule has 0 aliphatic carbocycles. The second kappa shape index (κ2) is 19.0. The molecule has 3 aromatic carbocycles. The van der Waals surface area contributed by atoms with E-state index >= 15 is 0 Å². The largest absolute Gasteiger partial charge is 0.379 e. The van der Waals surface area contributed by atoms with Gasteiger partial charge in [0.1, 0.15) is 6.29 Å². The van der Waals surface area contributed by atoms with Gasteiger partial charge in [-0.25, -0.2) is 0 Å². The van der Waals surface area contributed by atoms with E-state index in [1.54, 1.807) is 0 Å². The van der Waals surface area contributed by atoms with Crippen molar-refractivity contribution in [3.63, 3.8) is 0 Å². The Labute approximate surface area is 241 Å². The van der Waals surface area contributed by atoms with E-state index in [2.05, 4.69) is 63.6 Å². The van der Waals surface area contributed by atoms with Crippen LogP contribution in [-0.4, -0.2) is 87.7 Å². The maximum Gasteiger partial charge on any atom is 0.150 e. The standard InChI is InChI=1S/C24H26N2O.C9H21NO3/c1-25(2)22-13-9-20(10-14-22)24(19-7-5-18(17-27)6-8-19)21-11-15-23(16-12-21)26(3)4;1-3-11-6-7-13-9-8-12-5-4-10-2/h5-17,24H,1-4H3;10H,3-9H2,1-2H3. The molecule has 0 aliphatic heterocycles. The van der Waals surface area contributed by atoms with E-state index in [-0.39, 0.29) is 5.92 Å². The summed E-state index contributed by atoms with van der Waals surface area (Å²) in [6.07, 6.45) is 0.885. The minimum absolute atomic E-state index is 0.123. The highest BCUT2D eigenvalue weighted by molar-refractivity contribution is 5.74. The predicted octanol–water partition coefficient (Wildman–Crippen LogP) is 5.09. The van der Waals surface area contributed by atoms with E-state index in [4.69, 9.17) is 14.2 Å². The summed E-state index contributed by atoms with van der Waals surface area (Å²) in [5.74, 6) is 0.123. The second-order valence-electron chi connectivity index (χ2n) is 9.71. The molecule has 7 nitrogen and oxygen atoms in total. The molecule has 0 spiro atoms. The van der Waals surface area contributed by atoms with E-state index in [0.717, 1.165) is 26.0 Å². The summed E-state index contributed by atoms with van der Waals surface area (Å²) in [6.45, 7) is 6.99. The fourth-order valence-corrected chi connectivity index (χ4v) is 4.03. The lowest BCUT2D eigenvalue weighted by Crippen LogP contribution is -2.16. The summed E-state index contributed by atoms with van der Waals surface area (Å²) >= 11 is 0. The van der Waals surface area contributed by atoms with Crippen LogP contribution in [0.15, 0.2) is 72.8 Å². The van der Waals surface area contributed by atoms with Gasteiger partial charge in [0, 0.05) is 64.2 Å². The fourth-order valence-electron chi connectivity index (χ4n) is 4.03. The van der Waals surface area contributed by atoms with Crippen molar-refractivity contribution >= 4 is 17.7 Å². The minimum atomic E-state index is 0.123. The Bertz CT molecular complexity index is 1010. The van der Waals surface area contributed by atoms with Crippen LogP contribution in [-0.2, 0) is 14.2 Å². The van der Waals surface area contributed by atoms with Crippen molar-refractivity contribution in [3.05, 3.63) is 95.1 Å². The van der Waals surface area contributed by atoms with E-state index in [1.807, 2.05) is 66.4 Å². The molecule has 40 heavy (non-hydrogen) atoms. The third kappa shape index (κ3) is 11.5. The summed E-state index contributed by atoms with van der Waals surface area (Å²) in [4.78, 5) is 15.2. The number of carbonyl (C=O) groups excluding carboxylic acids is 1. The molecule has 0 saturated heterocycles. The molecule has 3 rings (SSSR count). The number of likely N-dealkylation sites (N-methyl/N-ethyl adjacent to an activating group) is 1. The molecule has 0 aliphatic rings. The van der Waals surface area contributed by atoms with Crippen molar-refractivity contribution in [3.8, 4) is 0 Å². The van der Waals surface area contributed by atoms with E-state index in [1.165, 1.54) is 28.1 Å². The zero-order valence-electron chi connectivity index (χ0n) is 25.1. The smallest absolute Gasteiger partial charge is 0.150 e. The number of nitrogens with zero attached hydrogens (tertiary/aromatic N) is 2. The number of anilines is 2. The lowest BCUT2D eigenvalue weighted by Gasteiger charge is -2.21. The number of nitrogens with one attached hydrogen (secondary N) is 1. The number of rotatable bonds is 16. The Morgan fingerprint density at radius 1 is 0.650 bits per heavy atom. The van der Waals surface area contributed by atoms with Crippen molar-refractivity contribution < 1.29 is 19.0 Å². The molecular weight excluding hydrogens is 502 g/mol. The van der Waals surface area contributed by atoms with Gasteiger partial charge in [-0.05, 0) is 54.9 Å². The van der Waals surface area contributed by atoms with Crippen molar-refractivity contribution in [2.24, 2.45) is 0 Å². The number of aldehydes is 1. The van der Waals surface area contributed by atoms with Crippen LogP contribution in [0.4, 0.5) is 11.4 Å². The van der Waals surface area contributed by atoms with Crippen LogP contribution in [0.25, 0.3) is 0 Å². The number of ether oxygens (including phenoxy) is 3. The number of carbonyl (C=O) groups is 1. The molecule has 0 unspecified atom stereocenters. The van der Waals surface area contributed by atoms with Crippen LogP contribution in [0.1, 0.15) is 39.9 Å². The first kappa shape index (κ1) is 33.0. The lowest BCUT2D eigenvalue weighted by molar-refractivity contribution is 0.0178. The van der Waals surface area contributed by atoms with Gasteiger partial charge in [-0.1, -0.05) is 48.5 Å². The summed E-state index contributed by atoms with van der Waals surface area (Å²) in [5, 5.41) is 3.00. The molecule has 218 valence electrons. The summed E-state index contributed by atoms with van der Waals surface area (Å²) in [7, 11) is 10.1. The van der Waals surface area contributed by atoms with Crippen LogP contribution >= 0.6 is 0 Å². The van der Waals surface area contributed by atoms with E-state index in [9.17, 15) is 4.79 Å². The normalized spacial score (nSPS) is 10.7. The summed E-state index contributed by atoms with van der Waals surface area (Å²) < 4.78 is 15.6. The van der Waals surface area contributed by atoms with Gasteiger partial charge in [0.25, 0.3) is 0 Å². The highest BCUT2D eigenvalue weighted by Gasteiger charge is 2.17. The Morgan fingerprint density at radius 3 is 1.43 bits per heavy atom. The predicted molar refractivity (Wildman–Crippen MR) is 166 cm³/mol. The van der Waals surface area contributed by atoms with Gasteiger partial charge in [-0.15, -0.1) is 0 Å². The first-order valence-corrected chi connectivity index (χ1v) is 13.9. The van der Waals surface area contributed by atoms with Crippen molar-refractivity contribution in [2.45, 2.75) is 12.8 Å². The maximum atomic E-state index is 11.0. The van der Waals surface area contributed by atoms with Gasteiger partial charge in [0.15, 0.2) is 0 Å². The second-order valence-corrected chi connectivity index (χ2v) is 9.71. The highest BCUT2D eigenvalue weighted by Crippen LogP contribution is 2.33. The van der Waals surface area contributed by atoms with Gasteiger partial charge >= 0.3 is 0 Å². The number of hydrogen-bond acceptors (Lipinski definition) is 7. The quantitative estimate of drug-likeness (QED) is 0.152. The Kier molecular flexibility index (Phi) is 15.6. The number of benzene rings is 3. The van der Waals surface area contributed by atoms with Crippen LogP contribution < -0.4 is 15.1 Å². The minimum Gasteiger partial charge on any atom is -0.379 e. The molecule has 1 N–H and O–H groups in total. The third-order valence-electron chi connectivity index (χ3n) is 6.34. The van der Waals surface area contributed by atoms with Gasteiger partial charge in [-0.2, -0.15) is 0 Å². The van der Waals surface area contributed by atoms with Crippen LogP contribution in [0, 0.1) is 0 Å². The zero-order chi connectivity index (χ0) is 29.2. The van der Waals surface area contributed by atoms with Gasteiger partial charge < -0.3 is 29.3 Å². The Hall–Kier alpha value is -3.23. The fraction of sp³-hybridized carbons (Fsp3) is 0.424. The molecule has 0 amide bonds. The molecular formula is C33H47N3O4. The topological polar surface area (TPSA) is 63.3 Å². The zero-order valence-corrected chi connectivity index (χ0v) is 25.1. The molecule has 3 aromatic rings. The lowest BCUT2D eigenvalue weighted by atomic mass is 9.84. The average Bonchev–Trinajstić information content (AvgIpc) is 2.98. The molecule has 0 fully saturated rings. The molecule has 0 atom stereocenters. The average molecular weight is 550 g/mol. The first-order valence-electron chi connectivity index (χ1n) is 13.9. The molecule has 0 heterocycles. The van der Waals surface area contributed by atoms with Crippen molar-refractivity contribution in [1.82, 2.24) is 5.32 Å². The SMILES string of the molecule is CCOCCOCCOCCNC.CN(C)c1ccc(C(c2ccc(C=O)cc2)c2ccc(N(C)C)cc2)cc1. The van der Waals surface area contributed by atoms with Gasteiger partial charge in [0.05, 0.1) is 33.0 Å². The Balaban J connectivity index is 0.000000366. The molecule has 0 saturated carbocycles. The van der Waals surface area contributed by atoms with Crippen LogP contribution in [0.2, 0.25) is 0 Å². The van der Waals surface area contributed by atoms with Crippen LogP contribution in [0.3, 0.4) is 0 Å². The third-order valence-corrected chi connectivity index (χ3v) is 6.34. The van der Waals surface area contributed by atoms with Gasteiger partial charge in [0.2, 0.25) is 0 Å². The number of hydrogen-bond donors (Lipinski definition) is 1. The monoisotopic (exact) mass is 549 g/mol. The maximum absolute atomic E-state index is 11.0. The van der Waals surface area contributed by atoms with Crippen molar-refractivity contribution in [1.29, 1.82) is 0 Å². The summed E-state index contributed by atoms with van der Waals surface area (Å²) in [6, 6.07) is 25.2. The first-order chi connectivity index (χ1) is 19.4. The van der Waals surface area contributed by atoms with Crippen LogP contribution in [0.5, 0.6) is 0 Å². The molecule has 7 heteroatoms. The molecule has 0 radical (unpaired) electrons. The van der Waals surface area contributed by atoms with E-state index in [0.29, 0.717) is 32.0 Å². The molecule has 0 bridgehead atoms. The van der Waals surface area contributed by atoms with E-state index < -0.39 is 0 Å². The van der Waals surface area contributed by atoms with Crippen molar-refractivity contribution in [2.75, 3.05) is 91.2 Å². The molecule has 0 aromatic heterocycles. The summed E-state index contributed by atoms with van der Waals surface area (Å²) in [5.41, 5.74) is 6.70.